The molecule has 0 spiro atoms. The zero-order valence-corrected chi connectivity index (χ0v) is 18.0. The number of hydrogen-bond acceptors (Lipinski definition) is 8. The van der Waals surface area contributed by atoms with Crippen LogP contribution in [0.5, 0.6) is 0 Å². The van der Waals surface area contributed by atoms with E-state index < -0.39 is 23.9 Å². The molecule has 1 aliphatic heterocycles. The lowest BCUT2D eigenvalue weighted by Gasteiger charge is -2.43. The number of aromatic nitrogens is 3. The maximum atomic E-state index is 13.1. The molecule has 3 aromatic rings. The van der Waals surface area contributed by atoms with E-state index in [0.717, 1.165) is 11.1 Å². The Morgan fingerprint density at radius 3 is 2.72 bits per heavy atom. The van der Waals surface area contributed by atoms with E-state index in [9.17, 15) is 15.0 Å². The number of carbonyl (C=O) groups is 1. The van der Waals surface area contributed by atoms with Crippen LogP contribution >= 0.6 is 0 Å². The van der Waals surface area contributed by atoms with Gasteiger partial charge in [-0.3, -0.25) is 9.78 Å². The second-order valence-corrected chi connectivity index (χ2v) is 8.27. The van der Waals surface area contributed by atoms with Gasteiger partial charge in [-0.1, -0.05) is 30.3 Å². The van der Waals surface area contributed by atoms with Crippen LogP contribution in [0.25, 0.3) is 11.3 Å². The zero-order valence-electron chi connectivity index (χ0n) is 18.0. The van der Waals surface area contributed by atoms with E-state index in [4.69, 9.17) is 10.5 Å². The predicted octanol–water partition coefficient (Wildman–Crippen LogP) is 2.51. The third kappa shape index (κ3) is 4.25. The molecule has 1 fully saturated rings. The number of aliphatic hydroxyl groups is 2. The normalized spacial score (nSPS) is 25.4. The Morgan fingerprint density at radius 1 is 1.25 bits per heavy atom. The van der Waals surface area contributed by atoms with Crippen LogP contribution in [-0.4, -0.2) is 48.8 Å². The standard InChI is InChI=1S/C24H26N4O4/c1-14-24(2,31)21(30)11-20(32-14)17-8-9-26-12-16(17)10-19(29)22-23(25)27-13-18(28-22)15-6-4-3-5-7-15/h3-9,12-14,20-21,30-31H,10-11H2,1-2H3,(H2,25,27)/t14-,20-,21-,24-/m0/s1. The third-order valence-electron chi connectivity index (χ3n) is 6.08. The quantitative estimate of drug-likeness (QED) is 0.522. The second kappa shape index (κ2) is 8.74. The van der Waals surface area contributed by atoms with Crippen molar-refractivity contribution in [1.82, 2.24) is 15.0 Å². The van der Waals surface area contributed by atoms with E-state index >= 15 is 0 Å². The minimum Gasteiger partial charge on any atom is -0.390 e. The molecule has 166 valence electrons. The number of ketones is 1. The fraction of sp³-hybridized carbons (Fsp3) is 0.333. The molecule has 0 unspecified atom stereocenters. The highest BCUT2D eigenvalue weighted by Gasteiger charge is 2.44. The first-order valence-electron chi connectivity index (χ1n) is 10.5. The Kier molecular flexibility index (Phi) is 6.01. The summed E-state index contributed by atoms with van der Waals surface area (Å²) in [5.41, 5.74) is 7.51. The van der Waals surface area contributed by atoms with Gasteiger partial charge in [-0.25, -0.2) is 9.97 Å². The third-order valence-corrected chi connectivity index (χ3v) is 6.08. The summed E-state index contributed by atoms with van der Waals surface area (Å²) >= 11 is 0. The topological polar surface area (TPSA) is 131 Å². The SMILES string of the molecule is C[C@@H]1O[C@H](c2ccncc2CC(=O)c2nc(-c3ccccc3)cnc2N)C[C@H](O)[C@@]1(C)O. The Hall–Kier alpha value is -3.20. The average molecular weight is 434 g/mol. The van der Waals surface area contributed by atoms with Crippen molar-refractivity contribution in [1.29, 1.82) is 0 Å². The highest BCUT2D eigenvalue weighted by atomic mass is 16.5. The smallest absolute Gasteiger partial charge is 0.189 e. The molecular formula is C24H26N4O4. The van der Waals surface area contributed by atoms with Gasteiger partial charge in [0.2, 0.25) is 0 Å². The zero-order chi connectivity index (χ0) is 22.9. The van der Waals surface area contributed by atoms with E-state index in [1.54, 1.807) is 38.5 Å². The number of benzene rings is 1. The molecule has 2 aromatic heterocycles. The molecule has 0 radical (unpaired) electrons. The van der Waals surface area contributed by atoms with Crippen molar-refractivity contribution in [3.8, 4) is 11.3 Å². The molecule has 8 heteroatoms. The minimum atomic E-state index is -1.35. The van der Waals surface area contributed by atoms with Crippen molar-refractivity contribution in [2.24, 2.45) is 0 Å². The second-order valence-electron chi connectivity index (χ2n) is 8.27. The number of ether oxygens (including phenoxy) is 1. The number of aliphatic hydroxyl groups excluding tert-OH is 1. The molecule has 0 amide bonds. The number of Topliss-reactive ketones (excluding diaryl/α,β-unsaturated/α-hetero) is 1. The molecule has 1 aromatic carbocycles. The lowest BCUT2D eigenvalue weighted by atomic mass is 9.84. The van der Waals surface area contributed by atoms with Gasteiger partial charge in [0, 0.05) is 30.8 Å². The number of hydrogen-bond donors (Lipinski definition) is 3. The van der Waals surface area contributed by atoms with Gasteiger partial charge in [0.15, 0.2) is 11.6 Å². The van der Waals surface area contributed by atoms with Crippen LogP contribution < -0.4 is 5.73 Å². The number of carbonyl (C=O) groups excluding carboxylic acids is 1. The first-order valence-corrected chi connectivity index (χ1v) is 10.5. The molecule has 3 heterocycles. The highest BCUT2D eigenvalue weighted by molar-refractivity contribution is 5.99. The van der Waals surface area contributed by atoms with Crippen LogP contribution in [0.15, 0.2) is 55.0 Å². The Bertz CT molecular complexity index is 1110. The summed E-state index contributed by atoms with van der Waals surface area (Å²) in [5.74, 6) is -0.229. The van der Waals surface area contributed by atoms with Crippen LogP contribution in [0, 0.1) is 0 Å². The number of nitrogen functional groups attached to an aromatic ring is 1. The van der Waals surface area contributed by atoms with E-state index in [1.807, 2.05) is 30.3 Å². The first kappa shape index (κ1) is 22.0. The van der Waals surface area contributed by atoms with Crippen LogP contribution in [0.1, 0.15) is 48.0 Å². The van der Waals surface area contributed by atoms with Crippen molar-refractivity contribution in [2.75, 3.05) is 5.73 Å². The molecule has 1 saturated heterocycles. The van der Waals surface area contributed by atoms with Crippen LogP contribution in [-0.2, 0) is 11.2 Å². The Morgan fingerprint density at radius 2 is 2.00 bits per heavy atom. The van der Waals surface area contributed by atoms with Crippen molar-refractivity contribution >= 4 is 11.6 Å². The molecule has 0 aliphatic carbocycles. The summed E-state index contributed by atoms with van der Waals surface area (Å²) in [4.78, 5) is 25.9. The monoisotopic (exact) mass is 434 g/mol. The number of pyridine rings is 1. The molecule has 4 atom stereocenters. The predicted molar refractivity (Wildman–Crippen MR) is 119 cm³/mol. The van der Waals surface area contributed by atoms with Gasteiger partial charge >= 0.3 is 0 Å². The number of anilines is 1. The molecule has 8 nitrogen and oxygen atoms in total. The number of nitrogens with zero attached hydrogens (tertiary/aromatic N) is 3. The van der Waals surface area contributed by atoms with Crippen LogP contribution in [0.4, 0.5) is 5.82 Å². The van der Waals surface area contributed by atoms with Gasteiger partial charge in [-0.05, 0) is 31.0 Å². The van der Waals surface area contributed by atoms with Gasteiger partial charge in [0.05, 0.1) is 30.2 Å². The summed E-state index contributed by atoms with van der Waals surface area (Å²) in [6.45, 7) is 3.27. The van der Waals surface area contributed by atoms with Crippen molar-refractivity contribution < 1.29 is 19.7 Å². The summed E-state index contributed by atoms with van der Waals surface area (Å²) < 4.78 is 5.98. The van der Waals surface area contributed by atoms with Crippen molar-refractivity contribution in [2.45, 2.75) is 50.6 Å². The summed E-state index contributed by atoms with van der Waals surface area (Å²) in [5, 5.41) is 20.8. The molecule has 32 heavy (non-hydrogen) atoms. The molecule has 0 saturated carbocycles. The van der Waals surface area contributed by atoms with Gasteiger partial charge in [0.1, 0.15) is 11.3 Å². The van der Waals surface area contributed by atoms with Crippen LogP contribution in [0.3, 0.4) is 0 Å². The number of nitrogens with two attached hydrogens (primary N) is 1. The molecule has 0 bridgehead atoms. The minimum absolute atomic E-state index is 0.00102. The van der Waals surface area contributed by atoms with Gasteiger partial charge in [-0.15, -0.1) is 0 Å². The average Bonchev–Trinajstić information content (AvgIpc) is 2.78. The van der Waals surface area contributed by atoms with Gasteiger partial charge in [0.25, 0.3) is 0 Å². The largest absolute Gasteiger partial charge is 0.390 e. The van der Waals surface area contributed by atoms with Gasteiger partial charge in [-0.2, -0.15) is 0 Å². The lowest BCUT2D eigenvalue weighted by molar-refractivity contribution is -0.215. The molecule has 1 aliphatic rings. The van der Waals surface area contributed by atoms with E-state index in [2.05, 4.69) is 15.0 Å². The number of rotatable bonds is 5. The highest BCUT2D eigenvalue weighted by Crippen LogP contribution is 2.38. The fourth-order valence-electron chi connectivity index (χ4n) is 3.86. The van der Waals surface area contributed by atoms with E-state index in [0.29, 0.717) is 11.3 Å². The van der Waals surface area contributed by atoms with E-state index in [-0.39, 0.29) is 30.1 Å². The molecular weight excluding hydrogens is 408 g/mol. The van der Waals surface area contributed by atoms with E-state index in [1.165, 1.54) is 0 Å². The molecule has 4 N–H and O–H groups in total. The summed E-state index contributed by atoms with van der Waals surface area (Å²) in [6.07, 6.45) is 2.93. The first-order chi connectivity index (χ1) is 15.3. The summed E-state index contributed by atoms with van der Waals surface area (Å²) in [6, 6.07) is 11.2. The lowest BCUT2D eigenvalue weighted by Crippen LogP contribution is -2.54. The van der Waals surface area contributed by atoms with Crippen molar-refractivity contribution in [3.63, 3.8) is 0 Å². The maximum Gasteiger partial charge on any atom is 0.189 e. The Balaban J connectivity index is 1.61. The van der Waals surface area contributed by atoms with Crippen LogP contribution in [0.2, 0.25) is 0 Å². The van der Waals surface area contributed by atoms with Crippen molar-refractivity contribution in [3.05, 3.63) is 71.8 Å². The maximum absolute atomic E-state index is 13.1. The van der Waals surface area contributed by atoms with Gasteiger partial charge < -0.3 is 20.7 Å². The molecule has 4 rings (SSSR count). The Labute approximate surface area is 186 Å². The fourth-order valence-corrected chi connectivity index (χ4v) is 3.86. The summed E-state index contributed by atoms with van der Waals surface area (Å²) in [7, 11) is 0.